The van der Waals surface area contributed by atoms with Gasteiger partial charge in [-0.25, -0.2) is 8.78 Å². The Morgan fingerprint density at radius 3 is 2.72 bits per heavy atom. The van der Waals surface area contributed by atoms with Gasteiger partial charge in [0.15, 0.2) is 0 Å². The number of aromatic nitrogens is 1. The van der Waals surface area contributed by atoms with Crippen molar-refractivity contribution in [2.45, 2.75) is 26.4 Å². The lowest BCUT2D eigenvalue weighted by Crippen LogP contribution is -2.21. The maximum atomic E-state index is 13.6. The first-order valence-corrected chi connectivity index (χ1v) is 6.48. The highest BCUT2D eigenvalue weighted by atomic mass is 32.1. The number of rotatable bonds is 4. The molecule has 1 aromatic heterocycles. The number of hydrogen-bond acceptors (Lipinski definition) is 3. The van der Waals surface area contributed by atoms with E-state index in [0.717, 1.165) is 10.9 Å². The summed E-state index contributed by atoms with van der Waals surface area (Å²) in [5.41, 5.74) is 0.890. The van der Waals surface area contributed by atoms with Gasteiger partial charge < -0.3 is 5.32 Å². The summed E-state index contributed by atoms with van der Waals surface area (Å²) in [6.45, 7) is 4.82. The van der Waals surface area contributed by atoms with Crippen LogP contribution in [-0.4, -0.2) is 10.4 Å². The Hall–Kier alpha value is -1.33. The van der Waals surface area contributed by atoms with Crippen molar-refractivity contribution < 1.29 is 8.78 Å². The summed E-state index contributed by atoms with van der Waals surface area (Å²) in [7, 11) is 0. The molecule has 0 fully saturated rings. The van der Waals surface area contributed by atoms with Crippen LogP contribution in [0.4, 0.5) is 8.78 Å². The maximum Gasteiger partial charge on any atom is 0.135 e. The van der Waals surface area contributed by atoms with Crippen LogP contribution in [0.3, 0.4) is 0 Å². The summed E-state index contributed by atoms with van der Waals surface area (Å²) in [6, 6.07) is 5.75. The van der Waals surface area contributed by atoms with Gasteiger partial charge in [0.25, 0.3) is 0 Å². The van der Waals surface area contributed by atoms with E-state index >= 15 is 0 Å². The highest BCUT2D eigenvalue weighted by molar-refractivity contribution is 7.06. The summed E-state index contributed by atoms with van der Waals surface area (Å²) >= 11 is 1.33. The molecule has 2 aromatic rings. The first-order chi connectivity index (χ1) is 8.56. The smallest absolute Gasteiger partial charge is 0.135 e. The third-order valence-electron chi connectivity index (χ3n) is 2.45. The third kappa shape index (κ3) is 3.11. The van der Waals surface area contributed by atoms with Gasteiger partial charge in [-0.1, -0.05) is 13.8 Å². The summed E-state index contributed by atoms with van der Waals surface area (Å²) in [5.74, 6) is -1.16. The molecule has 96 valence electrons. The van der Waals surface area contributed by atoms with E-state index in [-0.39, 0.29) is 0 Å². The average molecular weight is 268 g/mol. The fraction of sp³-hybridized carbons (Fsp3) is 0.308. The molecule has 0 amide bonds. The van der Waals surface area contributed by atoms with E-state index < -0.39 is 11.6 Å². The molecule has 0 spiro atoms. The first-order valence-electron chi connectivity index (χ1n) is 5.70. The molecule has 1 aromatic carbocycles. The van der Waals surface area contributed by atoms with Crippen LogP contribution in [0.1, 0.15) is 18.7 Å². The molecule has 18 heavy (non-hydrogen) atoms. The summed E-state index contributed by atoms with van der Waals surface area (Å²) in [6.07, 6.45) is 0. The molecule has 0 saturated carbocycles. The Kier molecular flexibility index (Phi) is 4.04. The van der Waals surface area contributed by atoms with Crippen molar-refractivity contribution in [3.63, 3.8) is 0 Å². The van der Waals surface area contributed by atoms with Crippen molar-refractivity contribution >= 4 is 11.5 Å². The van der Waals surface area contributed by atoms with Crippen molar-refractivity contribution in [2.24, 2.45) is 0 Å². The van der Waals surface area contributed by atoms with Crippen molar-refractivity contribution in [1.29, 1.82) is 0 Å². The molecule has 0 radical (unpaired) electrons. The Labute approximate surface area is 109 Å². The van der Waals surface area contributed by atoms with Crippen LogP contribution in [0.5, 0.6) is 0 Å². The summed E-state index contributed by atoms with van der Waals surface area (Å²) in [5, 5.41) is 3.27. The molecule has 0 aliphatic heterocycles. The second-order valence-corrected chi connectivity index (χ2v) is 5.23. The molecular weight excluding hydrogens is 254 g/mol. The van der Waals surface area contributed by atoms with Gasteiger partial charge in [0.1, 0.15) is 11.6 Å². The number of benzene rings is 1. The minimum Gasteiger partial charge on any atom is -0.310 e. The predicted molar refractivity (Wildman–Crippen MR) is 69.4 cm³/mol. The lowest BCUT2D eigenvalue weighted by molar-refractivity contribution is 0.585. The fourth-order valence-electron chi connectivity index (χ4n) is 1.53. The van der Waals surface area contributed by atoms with Crippen LogP contribution >= 0.6 is 11.5 Å². The van der Waals surface area contributed by atoms with Gasteiger partial charge in [-0.15, -0.1) is 0 Å². The minimum absolute atomic E-state index is 0.337. The normalized spacial score (nSPS) is 11.2. The molecule has 0 saturated heterocycles. The topological polar surface area (TPSA) is 24.9 Å². The van der Waals surface area contributed by atoms with E-state index in [0.29, 0.717) is 23.8 Å². The Morgan fingerprint density at radius 2 is 2.06 bits per heavy atom. The van der Waals surface area contributed by atoms with Crippen LogP contribution in [0.15, 0.2) is 24.3 Å². The maximum absolute atomic E-state index is 13.6. The highest BCUT2D eigenvalue weighted by Gasteiger charge is 2.10. The van der Waals surface area contributed by atoms with Crippen molar-refractivity contribution in [3.8, 4) is 11.3 Å². The molecule has 0 bridgehead atoms. The lowest BCUT2D eigenvalue weighted by Gasteiger charge is -2.04. The lowest BCUT2D eigenvalue weighted by atomic mass is 10.1. The van der Waals surface area contributed by atoms with Gasteiger partial charge in [-0.2, -0.15) is 4.37 Å². The van der Waals surface area contributed by atoms with Crippen LogP contribution in [-0.2, 0) is 6.54 Å². The molecule has 1 heterocycles. The first kappa shape index (κ1) is 13.1. The Bertz CT molecular complexity index is 538. The van der Waals surface area contributed by atoms with E-state index in [4.69, 9.17) is 0 Å². The van der Waals surface area contributed by atoms with Crippen LogP contribution in [0.25, 0.3) is 11.3 Å². The zero-order valence-electron chi connectivity index (χ0n) is 10.2. The third-order valence-corrected chi connectivity index (χ3v) is 3.24. The SMILES string of the molecule is CC(C)NCc1cc(-c2ccc(F)cc2F)ns1. The fourth-order valence-corrected chi connectivity index (χ4v) is 2.20. The van der Waals surface area contributed by atoms with E-state index in [1.54, 1.807) is 0 Å². The molecule has 0 aliphatic rings. The minimum atomic E-state index is -0.580. The van der Waals surface area contributed by atoms with Crippen molar-refractivity contribution in [3.05, 3.63) is 40.8 Å². The zero-order valence-corrected chi connectivity index (χ0v) is 11.0. The predicted octanol–water partition coefficient (Wildman–Crippen LogP) is 3.59. The Balaban J connectivity index is 2.18. The van der Waals surface area contributed by atoms with Gasteiger partial charge >= 0.3 is 0 Å². The van der Waals surface area contributed by atoms with Gasteiger partial charge in [0.2, 0.25) is 0 Å². The summed E-state index contributed by atoms with van der Waals surface area (Å²) in [4.78, 5) is 1.03. The van der Waals surface area contributed by atoms with Crippen LogP contribution < -0.4 is 5.32 Å². The molecular formula is C13H14F2N2S. The van der Waals surface area contributed by atoms with Gasteiger partial charge in [0.05, 0.1) is 5.69 Å². The second kappa shape index (κ2) is 5.54. The van der Waals surface area contributed by atoms with E-state index in [9.17, 15) is 8.78 Å². The Morgan fingerprint density at radius 1 is 1.28 bits per heavy atom. The number of nitrogens with zero attached hydrogens (tertiary/aromatic N) is 1. The monoisotopic (exact) mass is 268 g/mol. The zero-order chi connectivity index (χ0) is 13.1. The largest absolute Gasteiger partial charge is 0.310 e. The molecule has 0 unspecified atom stereocenters. The van der Waals surface area contributed by atoms with Crippen LogP contribution in [0.2, 0.25) is 0 Å². The average Bonchev–Trinajstić information content (AvgIpc) is 2.75. The van der Waals surface area contributed by atoms with Gasteiger partial charge in [0, 0.05) is 29.1 Å². The highest BCUT2D eigenvalue weighted by Crippen LogP contribution is 2.25. The number of nitrogens with one attached hydrogen (secondary N) is 1. The standard InChI is InChI=1S/C13H14F2N2S/c1-8(2)16-7-10-6-13(17-18-10)11-4-3-9(14)5-12(11)15/h3-6,8,16H,7H2,1-2H3. The number of hydrogen-bond donors (Lipinski definition) is 1. The number of halogens is 2. The van der Waals surface area contributed by atoms with Gasteiger partial charge in [-0.3, -0.25) is 0 Å². The molecule has 5 heteroatoms. The van der Waals surface area contributed by atoms with E-state index in [2.05, 4.69) is 23.5 Å². The molecule has 0 aliphatic carbocycles. The summed E-state index contributed by atoms with van der Waals surface area (Å²) < 4.78 is 30.6. The van der Waals surface area contributed by atoms with Gasteiger partial charge in [-0.05, 0) is 29.7 Å². The van der Waals surface area contributed by atoms with Crippen molar-refractivity contribution in [1.82, 2.24) is 9.69 Å². The van der Waals surface area contributed by atoms with Crippen LogP contribution in [0, 0.1) is 11.6 Å². The van der Waals surface area contributed by atoms with E-state index in [1.165, 1.54) is 23.7 Å². The molecule has 2 rings (SSSR count). The molecule has 1 N–H and O–H groups in total. The molecule has 0 atom stereocenters. The van der Waals surface area contributed by atoms with Crippen molar-refractivity contribution in [2.75, 3.05) is 0 Å². The second-order valence-electron chi connectivity index (χ2n) is 4.34. The van der Waals surface area contributed by atoms with E-state index in [1.807, 2.05) is 6.07 Å². The molecule has 2 nitrogen and oxygen atoms in total. The quantitative estimate of drug-likeness (QED) is 0.916.